The molecule has 0 amide bonds. The molecule has 2 nitrogen and oxygen atoms in total. The molecule has 2 heteroatoms. The van der Waals surface area contributed by atoms with E-state index in [-0.39, 0.29) is 6.17 Å². The van der Waals surface area contributed by atoms with Crippen LogP contribution in [0.3, 0.4) is 0 Å². The van der Waals surface area contributed by atoms with Crippen LogP contribution in [0.5, 0.6) is 0 Å². The molecule has 1 aliphatic rings. The third-order valence-corrected chi connectivity index (χ3v) is 2.12. The zero-order valence-electron chi connectivity index (χ0n) is 6.06. The fourth-order valence-corrected chi connectivity index (χ4v) is 1.40. The van der Waals surface area contributed by atoms with E-state index in [1.165, 1.54) is 12.8 Å². The summed E-state index contributed by atoms with van der Waals surface area (Å²) in [5.74, 6) is 0.876. The van der Waals surface area contributed by atoms with Gasteiger partial charge in [0.15, 0.2) is 0 Å². The molecule has 54 valence electrons. The van der Waals surface area contributed by atoms with Crippen molar-refractivity contribution in [2.24, 2.45) is 11.7 Å². The first kappa shape index (κ1) is 7.03. The summed E-state index contributed by atoms with van der Waals surface area (Å²) in [5, 5.41) is 3.22. The van der Waals surface area contributed by atoms with Gasteiger partial charge in [-0.2, -0.15) is 0 Å². The van der Waals surface area contributed by atoms with Crippen molar-refractivity contribution in [2.45, 2.75) is 32.4 Å². The highest BCUT2D eigenvalue weighted by Crippen LogP contribution is 2.16. The fraction of sp³-hybridized carbons (Fsp3) is 1.00. The van der Waals surface area contributed by atoms with Gasteiger partial charge in [-0.15, -0.1) is 0 Å². The Morgan fingerprint density at radius 1 is 1.67 bits per heavy atom. The van der Waals surface area contributed by atoms with Crippen LogP contribution in [0.4, 0.5) is 0 Å². The molecular weight excluding hydrogens is 112 g/mol. The molecule has 2 atom stereocenters. The van der Waals surface area contributed by atoms with E-state index in [4.69, 9.17) is 5.73 Å². The van der Waals surface area contributed by atoms with Gasteiger partial charge in [-0.1, -0.05) is 13.3 Å². The smallest absolute Gasteiger partial charge is 0.0548 e. The summed E-state index contributed by atoms with van der Waals surface area (Å²) in [5.41, 5.74) is 5.69. The van der Waals surface area contributed by atoms with Gasteiger partial charge in [-0.25, -0.2) is 0 Å². The zero-order chi connectivity index (χ0) is 6.69. The van der Waals surface area contributed by atoms with E-state index in [1.807, 2.05) is 0 Å². The molecule has 0 aromatic heterocycles. The van der Waals surface area contributed by atoms with Crippen molar-refractivity contribution in [3.05, 3.63) is 0 Å². The van der Waals surface area contributed by atoms with Gasteiger partial charge in [0.25, 0.3) is 0 Å². The number of piperidine rings is 1. The largest absolute Gasteiger partial charge is 0.316 e. The minimum absolute atomic E-state index is 0.267. The molecule has 1 fully saturated rings. The first-order valence-corrected chi connectivity index (χ1v) is 3.82. The Kier molecular flexibility index (Phi) is 2.49. The third-order valence-electron chi connectivity index (χ3n) is 2.12. The Hall–Kier alpha value is -0.0800. The van der Waals surface area contributed by atoms with Crippen molar-refractivity contribution >= 4 is 0 Å². The normalized spacial score (nSPS) is 36.7. The van der Waals surface area contributed by atoms with Crippen molar-refractivity contribution in [1.82, 2.24) is 5.32 Å². The molecule has 0 radical (unpaired) electrons. The lowest BCUT2D eigenvalue weighted by atomic mass is 9.94. The number of rotatable bonds is 1. The highest BCUT2D eigenvalue weighted by molar-refractivity contribution is 4.72. The van der Waals surface area contributed by atoms with E-state index in [1.54, 1.807) is 0 Å². The molecule has 0 spiro atoms. The first-order chi connectivity index (χ1) is 4.33. The molecule has 0 bridgehead atoms. The molecule has 1 aliphatic heterocycles. The van der Waals surface area contributed by atoms with E-state index in [9.17, 15) is 0 Å². The molecular formula is C7H16N2. The second-order valence-electron chi connectivity index (χ2n) is 2.86. The van der Waals surface area contributed by atoms with Gasteiger partial charge >= 0.3 is 0 Å². The van der Waals surface area contributed by atoms with Gasteiger partial charge in [-0.3, -0.25) is 0 Å². The van der Waals surface area contributed by atoms with Crippen molar-refractivity contribution in [1.29, 1.82) is 0 Å². The summed E-state index contributed by atoms with van der Waals surface area (Å²) < 4.78 is 0. The number of hydrogen-bond acceptors (Lipinski definition) is 2. The van der Waals surface area contributed by atoms with Gasteiger partial charge < -0.3 is 11.1 Å². The molecule has 0 aromatic rings. The summed E-state index contributed by atoms with van der Waals surface area (Å²) in [6.45, 7) is 3.35. The molecule has 1 rings (SSSR count). The van der Waals surface area contributed by atoms with Gasteiger partial charge in [0.05, 0.1) is 6.17 Å². The maximum absolute atomic E-state index is 5.69. The zero-order valence-corrected chi connectivity index (χ0v) is 6.06. The van der Waals surface area contributed by atoms with E-state index in [0.717, 1.165) is 18.9 Å². The quantitative estimate of drug-likeness (QED) is 0.545. The second kappa shape index (κ2) is 3.18. The van der Waals surface area contributed by atoms with Crippen LogP contribution in [0.25, 0.3) is 0 Å². The average Bonchev–Trinajstić information content (AvgIpc) is 1.88. The van der Waals surface area contributed by atoms with E-state index < -0.39 is 0 Å². The minimum Gasteiger partial charge on any atom is -0.316 e. The summed E-state index contributed by atoms with van der Waals surface area (Å²) >= 11 is 0. The monoisotopic (exact) mass is 128 g/mol. The fourth-order valence-electron chi connectivity index (χ4n) is 1.40. The Morgan fingerprint density at radius 3 is 2.89 bits per heavy atom. The molecule has 3 N–H and O–H groups in total. The maximum atomic E-state index is 5.69. The van der Waals surface area contributed by atoms with Gasteiger partial charge in [-0.05, 0) is 25.3 Å². The van der Waals surface area contributed by atoms with Gasteiger partial charge in [0, 0.05) is 0 Å². The topological polar surface area (TPSA) is 38.0 Å². The Bertz CT molecular complexity index is 83.0. The number of nitrogens with one attached hydrogen (secondary N) is 1. The van der Waals surface area contributed by atoms with Crippen molar-refractivity contribution < 1.29 is 0 Å². The van der Waals surface area contributed by atoms with Crippen molar-refractivity contribution in [3.8, 4) is 0 Å². The van der Waals surface area contributed by atoms with Crippen molar-refractivity contribution in [2.75, 3.05) is 6.54 Å². The van der Waals surface area contributed by atoms with Crippen molar-refractivity contribution in [3.63, 3.8) is 0 Å². The summed E-state index contributed by atoms with van der Waals surface area (Å²) in [4.78, 5) is 0. The van der Waals surface area contributed by atoms with Crippen LogP contribution >= 0.6 is 0 Å². The predicted octanol–water partition coefficient (Wildman–Crippen LogP) is 0.681. The maximum Gasteiger partial charge on any atom is 0.0548 e. The predicted molar refractivity (Wildman–Crippen MR) is 39.0 cm³/mol. The lowest BCUT2D eigenvalue weighted by Gasteiger charge is -2.26. The summed E-state index contributed by atoms with van der Waals surface area (Å²) in [6.07, 6.45) is 4.03. The van der Waals surface area contributed by atoms with Crippen LogP contribution in [0.15, 0.2) is 0 Å². The third kappa shape index (κ3) is 1.95. The van der Waals surface area contributed by atoms with Crippen LogP contribution in [-0.2, 0) is 0 Å². The van der Waals surface area contributed by atoms with Crippen LogP contribution in [-0.4, -0.2) is 12.7 Å². The molecule has 0 aliphatic carbocycles. The number of hydrogen-bond donors (Lipinski definition) is 2. The highest BCUT2D eigenvalue weighted by Gasteiger charge is 2.15. The van der Waals surface area contributed by atoms with E-state index in [0.29, 0.717) is 0 Å². The summed E-state index contributed by atoms with van der Waals surface area (Å²) in [7, 11) is 0. The average molecular weight is 128 g/mol. The van der Waals surface area contributed by atoms with Gasteiger partial charge in [0.2, 0.25) is 0 Å². The molecule has 0 aromatic carbocycles. The SMILES string of the molecule is CCC1CCNC(N)C1. The highest BCUT2D eigenvalue weighted by atomic mass is 15.0. The van der Waals surface area contributed by atoms with Gasteiger partial charge in [0.1, 0.15) is 0 Å². The Labute approximate surface area is 56.8 Å². The summed E-state index contributed by atoms with van der Waals surface area (Å²) in [6, 6.07) is 0. The van der Waals surface area contributed by atoms with Crippen LogP contribution in [0, 0.1) is 5.92 Å². The van der Waals surface area contributed by atoms with Crippen LogP contribution in [0.2, 0.25) is 0 Å². The van der Waals surface area contributed by atoms with E-state index in [2.05, 4.69) is 12.2 Å². The molecule has 1 heterocycles. The lowest BCUT2D eigenvalue weighted by Crippen LogP contribution is -2.43. The molecule has 9 heavy (non-hydrogen) atoms. The Morgan fingerprint density at radius 2 is 2.44 bits per heavy atom. The molecule has 2 unspecified atom stereocenters. The van der Waals surface area contributed by atoms with E-state index >= 15 is 0 Å². The molecule has 0 saturated carbocycles. The number of nitrogens with two attached hydrogens (primary N) is 1. The van der Waals surface area contributed by atoms with Crippen LogP contribution < -0.4 is 11.1 Å². The molecule has 1 saturated heterocycles. The standard InChI is InChI=1S/C7H16N2/c1-2-6-3-4-9-7(8)5-6/h6-7,9H,2-5,8H2,1H3. The minimum atomic E-state index is 0.267. The first-order valence-electron chi connectivity index (χ1n) is 3.82. The Balaban J connectivity index is 2.23. The van der Waals surface area contributed by atoms with Crippen LogP contribution in [0.1, 0.15) is 26.2 Å². The second-order valence-corrected chi connectivity index (χ2v) is 2.86. The lowest BCUT2D eigenvalue weighted by molar-refractivity contribution is 0.300.